The molecule has 0 spiro atoms. The first-order chi connectivity index (χ1) is 32.5. The maximum Gasteiger partial charge on any atom is 0.410 e. The topological polar surface area (TPSA) is 221 Å². The van der Waals surface area contributed by atoms with Gasteiger partial charge in [-0.15, -0.1) is 0 Å². The molecule has 376 valence electrons. The number of anilines is 2. The lowest BCUT2D eigenvalue weighted by Gasteiger charge is -2.35. The van der Waals surface area contributed by atoms with Gasteiger partial charge in [0.1, 0.15) is 11.2 Å². The van der Waals surface area contributed by atoms with Gasteiger partial charge >= 0.3 is 24.1 Å². The number of nitrogens with one attached hydrogen (secondary N) is 1. The molecule has 0 saturated carbocycles. The molecule has 2 saturated heterocycles. The predicted octanol–water partition coefficient (Wildman–Crippen LogP) is 8.20. The number of esters is 2. The van der Waals surface area contributed by atoms with Crippen LogP contribution in [0, 0.1) is 0 Å². The van der Waals surface area contributed by atoms with Crippen molar-refractivity contribution in [3.05, 3.63) is 120 Å². The number of alkyl halides is 1. The molecular formula is C48H63BrN6O12S2. The first-order valence-corrected chi connectivity index (χ1v) is 26.3. The molecular weight excluding hydrogens is 997 g/mol. The molecule has 2 aromatic heterocycles. The number of hydrogen-bond acceptors (Lipinski definition) is 14. The first-order valence-electron chi connectivity index (χ1n) is 22.2. The number of benzene rings is 2. The Hall–Kier alpha value is -5.80. The van der Waals surface area contributed by atoms with Crippen LogP contribution in [0.5, 0.6) is 0 Å². The zero-order chi connectivity index (χ0) is 51.0. The molecule has 4 heterocycles. The van der Waals surface area contributed by atoms with E-state index < -0.39 is 53.8 Å². The van der Waals surface area contributed by atoms with Crippen molar-refractivity contribution in [2.45, 2.75) is 101 Å². The van der Waals surface area contributed by atoms with Crippen molar-refractivity contribution in [2.75, 3.05) is 49.4 Å². The smallest absolute Gasteiger partial charge is 0.410 e. The minimum Gasteiger partial charge on any atom is -0.465 e. The molecule has 1 N–H and O–H groups in total. The van der Waals surface area contributed by atoms with Gasteiger partial charge < -0.3 is 28.7 Å². The Kier molecular flexibility index (Phi) is 20.4. The molecule has 2 aliphatic heterocycles. The van der Waals surface area contributed by atoms with E-state index in [1.165, 1.54) is 30.9 Å². The van der Waals surface area contributed by atoms with Crippen LogP contribution in [-0.2, 0) is 50.9 Å². The van der Waals surface area contributed by atoms with E-state index >= 15 is 0 Å². The normalized spacial score (nSPS) is 14.7. The first kappa shape index (κ1) is 55.8. The van der Waals surface area contributed by atoms with Crippen LogP contribution in [0.3, 0.4) is 0 Å². The number of pyridine rings is 2. The van der Waals surface area contributed by atoms with Crippen LogP contribution in [0.25, 0.3) is 0 Å². The number of carbonyl (C=O) groups is 4. The standard InChI is InChI=1S/C24H31N3O6S.C16H24N2O4S.C8H8BrNO2/c1-24(2,3)33-23(29)26-14-12-21(13-15-26)34(30,31)27(20-8-6-5-7-9-20)17-19-11-10-18(16-25-19)22(28)32-4;1-16(2,3)22-15(19)18-11-9-14(10-12-18)23(20,21)17-13-7-5-4-6-8-13;1-12-8(11)6-2-3-7(4-9)10-5-6/h5-11,16,21H,12-15,17H2,1-4H3;4-8,14,17H,9-12H2,1-3H3;2-3,5H,4H2,1H3. The van der Waals surface area contributed by atoms with Crippen LogP contribution in [0.1, 0.15) is 99.3 Å². The molecule has 0 bridgehead atoms. The largest absolute Gasteiger partial charge is 0.465 e. The van der Waals surface area contributed by atoms with Crippen LogP contribution in [0.15, 0.2) is 97.3 Å². The summed E-state index contributed by atoms with van der Waals surface area (Å²) in [6, 6.07) is 24.3. The van der Waals surface area contributed by atoms with Gasteiger partial charge in [0, 0.05) is 49.6 Å². The average Bonchev–Trinajstić information content (AvgIpc) is 3.32. The number of nitrogens with zero attached hydrogens (tertiary/aromatic N) is 5. The Morgan fingerprint density at radius 3 is 1.45 bits per heavy atom. The molecule has 2 aromatic carbocycles. The van der Waals surface area contributed by atoms with Crippen molar-refractivity contribution >= 4 is 71.5 Å². The van der Waals surface area contributed by atoms with E-state index in [4.69, 9.17) is 14.2 Å². The molecule has 69 heavy (non-hydrogen) atoms. The van der Waals surface area contributed by atoms with Gasteiger partial charge in [-0.25, -0.2) is 36.0 Å². The van der Waals surface area contributed by atoms with E-state index in [1.54, 1.807) is 103 Å². The number of para-hydroxylation sites is 2. The van der Waals surface area contributed by atoms with Crippen molar-refractivity contribution in [1.29, 1.82) is 0 Å². The molecule has 2 aliphatic rings. The zero-order valence-corrected chi connectivity index (χ0v) is 43.5. The van der Waals surface area contributed by atoms with Gasteiger partial charge in [-0.1, -0.05) is 52.3 Å². The highest BCUT2D eigenvalue weighted by molar-refractivity contribution is 9.08. The van der Waals surface area contributed by atoms with Gasteiger partial charge in [0.05, 0.1) is 59.5 Å². The average molecular weight is 1060 g/mol. The van der Waals surface area contributed by atoms with Gasteiger partial charge in [0.25, 0.3) is 0 Å². The highest BCUT2D eigenvalue weighted by Crippen LogP contribution is 2.29. The molecule has 0 atom stereocenters. The van der Waals surface area contributed by atoms with Gasteiger partial charge in [0.2, 0.25) is 20.0 Å². The Labute approximate surface area is 414 Å². The third-order valence-electron chi connectivity index (χ3n) is 10.4. The van der Waals surface area contributed by atoms with E-state index in [0.29, 0.717) is 79.8 Å². The minimum absolute atomic E-state index is 0.0140. The van der Waals surface area contributed by atoms with E-state index in [1.807, 2.05) is 32.9 Å². The molecule has 4 aromatic rings. The molecule has 2 amide bonds. The summed E-state index contributed by atoms with van der Waals surface area (Å²) in [5, 5.41) is -0.462. The summed E-state index contributed by atoms with van der Waals surface area (Å²) in [4.78, 5) is 58.4. The molecule has 2 fully saturated rings. The van der Waals surface area contributed by atoms with Gasteiger partial charge in [-0.3, -0.25) is 19.0 Å². The van der Waals surface area contributed by atoms with Gasteiger partial charge in [-0.05, 0) is 116 Å². The van der Waals surface area contributed by atoms with E-state index in [0.717, 1.165) is 5.69 Å². The second-order valence-electron chi connectivity index (χ2n) is 17.9. The Morgan fingerprint density at radius 2 is 1.06 bits per heavy atom. The van der Waals surface area contributed by atoms with E-state index in [9.17, 15) is 36.0 Å². The summed E-state index contributed by atoms with van der Waals surface area (Å²) in [7, 11) is -4.58. The number of aromatic nitrogens is 2. The van der Waals surface area contributed by atoms with Gasteiger partial charge in [-0.2, -0.15) is 0 Å². The fraction of sp³-hybridized carbons (Fsp3) is 0.458. The summed E-state index contributed by atoms with van der Waals surface area (Å²) >= 11 is 3.26. The number of rotatable bonds is 11. The quantitative estimate of drug-likeness (QED) is 0.0850. The van der Waals surface area contributed by atoms with Crippen molar-refractivity contribution in [3.63, 3.8) is 0 Å². The van der Waals surface area contributed by atoms with Crippen molar-refractivity contribution in [1.82, 2.24) is 19.8 Å². The maximum absolute atomic E-state index is 13.7. The summed E-state index contributed by atoms with van der Waals surface area (Å²) < 4.78 is 76.1. The SMILES string of the molecule is CC(C)(C)OC(=O)N1CCC(S(=O)(=O)Nc2ccccc2)CC1.COC(=O)c1ccc(CBr)nc1.COC(=O)c1ccc(CN(c2ccccc2)S(=O)(=O)C2CCN(C(=O)OC(C)(C)C)CC2)nc1. The van der Waals surface area contributed by atoms with E-state index in [2.05, 4.69) is 35.4 Å². The van der Waals surface area contributed by atoms with Crippen LogP contribution in [0.4, 0.5) is 21.0 Å². The van der Waals surface area contributed by atoms with Gasteiger partial charge in [0.15, 0.2) is 0 Å². The third-order valence-corrected chi connectivity index (χ3v) is 15.1. The highest BCUT2D eigenvalue weighted by Gasteiger charge is 2.38. The fourth-order valence-electron chi connectivity index (χ4n) is 6.84. The van der Waals surface area contributed by atoms with Crippen LogP contribution >= 0.6 is 15.9 Å². The Balaban J connectivity index is 0.000000254. The molecule has 21 heteroatoms. The lowest BCUT2D eigenvalue weighted by Crippen LogP contribution is -2.48. The number of methoxy groups -OCH3 is 2. The maximum atomic E-state index is 13.7. The summed E-state index contributed by atoms with van der Waals surface area (Å²) in [5.41, 5.74) is 2.07. The molecule has 0 aliphatic carbocycles. The Bertz CT molecular complexity index is 2510. The summed E-state index contributed by atoms with van der Waals surface area (Å²) in [6.45, 7) is 12.2. The molecule has 0 unspecified atom stereocenters. The molecule has 18 nitrogen and oxygen atoms in total. The minimum atomic E-state index is -3.77. The van der Waals surface area contributed by atoms with Crippen LogP contribution < -0.4 is 9.03 Å². The third kappa shape index (κ3) is 17.6. The molecule has 0 radical (unpaired) electrons. The fourth-order valence-corrected chi connectivity index (χ4v) is 10.5. The Morgan fingerprint density at radius 1 is 0.638 bits per heavy atom. The summed E-state index contributed by atoms with van der Waals surface area (Å²) in [6.07, 6.45) is 3.48. The lowest BCUT2D eigenvalue weighted by molar-refractivity contribution is 0.0207. The highest BCUT2D eigenvalue weighted by atomic mass is 79.9. The number of ether oxygens (including phenoxy) is 4. The van der Waals surface area contributed by atoms with E-state index in [-0.39, 0.29) is 24.2 Å². The number of piperidine rings is 2. The van der Waals surface area contributed by atoms with Crippen molar-refractivity contribution in [3.8, 4) is 0 Å². The van der Waals surface area contributed by atoms with Crippen LogP contribution in [0.2, 0.25) is 0 Å². The lowest BCUT2D eigenvalue weighted by atomic mass is 10.1. The second kappa shape index (κ2) is 25.2. The number of carbonyl (C=O) groups excluding carboxylic acids is 4. The monoisotopic (exact) mass is 1060 g/mol. The predicted molar refractivity (Wildman–Crippen MR) is 266 cm³/mol. The number of likely N-dealkylation sites (tertiary alicyclic amines) is 2. The number of hydrogen-bond donors (Lipinski definition) is 1. The summed E-state index contributed by atoms with van der Waals surface area (Å²) in [5.74, 6) is -0.869. The van der Waals surface area contributed by atoms with Crippen molar-refractivity contribution in [2.24, 2.45) is 0 Å². The van der Waals surface area contributed by atoms with Crippen molar-refractivity contribution < 1.29 is 55.0 Å². The second-order valence-corrected chi connectivity index (χ2v) is 22.6. The number of amides is 2. The number of sulfonamides is 2. The zero-order valence-electron chi connectivity index (χ0n) is 40.3. The molecule has 6 rings (SSSR count). The van der Waals surface area contributed by atoms with Crippen LogP contribution in [-0.4, -0.2) is 123 Å². The number of halogens is 1.